The van der Waals surface area contributed by atoms with Gasteiger partial charge in [0.1, 0.15) is 11.6 Å². The first-order valence-corrected chi connectivity index (χ1v) is 6.88. The van der Waals surface area contributed by atoms with Crippen LogP contribution < -0.4 is 16.6 Å². The van der Waals surface area contributed by atoms with Crippen molar-refractivity contribution in [2.24, 2.45) is 5.73 Å². The quantitative estimate of drug-likeness (QED) is 0.773. The molecule has 1 heterocycles. The third-order valence-corrected chi connectivity index (χ3v) is 3.45. The van der Waals surface area contributed by atoms with Crippen molar-refractivity contribution in [3.8, 4) is 0 Å². The zero-order chi connectivity index (χ0) is 13.9. The van der Waals surface area contributed by atoms with Crippen molar-refractivity contribution < 1.29 is 0 Å². The molecule has 1 aromatic carbocycles. The fourth-order valence-corrected chi connectivity index (χ4v) is 2.15. The molecule has 0 saturated heterocycles. The Balaban J connectivity index is 1.67. The summed E-state index contributed by atoms with van der Waals surface area (Å²) < 4.78 is 0. The zero-order valence-electron chi connectivity index (χ0n) is 11.2. The van der Waals surface area contributed by atoms with Gasteiger partial charge in [0.05, 0.1) is 0 Å². The van der Waals surface area contributed by atoms with E-state index < -0.39 is 0 Å². The maximum Gasteiger partial charge on any atom is 0.252 e. The van der Waals surface area contributed by atoms with Crippen molar-refractivity contribution in [1.82, 2.24) is 9.97 Å². The van der Waals surface area contributed by atoms with Gasteiger partial charge in [0.2, 0.25) is 0 Å². The number of nitrogens with one attached hydrogen (secondary N) is 2. The number of benzene rings is 1. The lowest BCUT2D eigenvalue weighted by Crippen LogP contribution is -2.22. The summed E-state index contributed by atoms with van der Waals surface area (Å²) in [6.07, 6.45) is 2.21. The summed E-state index contributed by atoms with van der Waals surface area (Å²) >= 11 is 0. The molecule has 0 amide bonds. The third kappa shape index (κ3) is 3.05. The van der Waals surface area contributed by atoms with Crippen LogP contribution in [-0.2, 0) is 0 Å². The number of aromatic amines is 1. The van der Waals surface area contributed by atoms with E-state index in [-0.39, 0.29) is 11.6 Å². The van der Waals surface area contributed by atoms with E-state index in [1.807, 2.05) is 30.3 Å². The number of H-pyrrole nitrogens is 1. The van der Waals surface area contributed by atoms with Crippen LogP contribution in [0.25, 0.3) is 0 Å². The van der Waals surface area contributed by atoms with Gasteiger partial charge < -0.3 is 16.0 Å². The lowest BCUT2D eigenvalue weighted by molar-refractivity contribution is 0.759. The molecule has 1 aromatic heterocycles. The first kappa shape index (κ1) is 12.9. The molecule has 1 aliphatic carbocycles. The minimum Gasteiger partial charge on any atom is -0.368 e. The van der Waals surface area contributed by atoms with Crippen molar-refractivity contribution in [3.05, 3.63) is 58.1 Å². The molecule has 2 aromatic rings. The van der Waals surface area contributed by atoms with Gasteiger partial charge in [0.15, 0.2) is 0 Å². The minimum absolute atomic E-state index is 0.113. The molecule has 1 unspecified atom stereocenters. The highest BCUT2D eigenvalue weighted by Gasteiger charge is 2.26. The Labute approximate surface area is 117 Å². The Bertz CT molecular complexity index is 634. The van der Waals surface area contributed by atoms with Gasteiger partial charge in [-0.1, -0.05) is 30.3 Å². The van der Waals surface area contributed by atoms with Gasteiger partial charge >= 0.3 is 0 Å². The van der Waals surface area contributed by atoms with E-state index in [1.165, 1.54) is 6.07 Å². The van der Waals surface area contributed by atoms with E-state index in [2.05, 4.69) is 15.3 Å². The highest BCUT2D eigenvalue weighted by molar-refractivity contribution is 5.35. The van der Waals surface area contributed by atoms with Crippen LogP contribution in [-0.4, -0.2) is 16.5 Å². The summed E-state index contributed by atoms with van der Waals surface area (Å²) in [5.74, 6) is 1.81. The monoisotopic (exact) mass is 270 g/mol. The van der Waals surface area contributed by atoms with E-state index >= 15 is 0 Å². The first-order chi connectivity index (χ1) is 9.72. The fraction of sp³-hybridized carbons (Fsp3) is 0.333. The summed E-state index contributed by atoms with van der Waals surface area (Å²) in [4.78, 5) is 18.8. The SMILES string of the molecule is NC(CNc1cc(=O)[nH]c(C2CC2)n1)c1ccccc1. The van der Waals surface area contributed by atoms with Gasteiger partial charge in [-0.15, -0.1) is 0 Å². The normalized spacial score (nSPS) is 15.8. The van der Waals surface area contributed by atoms with E-state index in [0.717, 1.165) is 24.2 Å². The molecule has 4 N–H and O–H groups in total. The molecule has 1 saturated carbocycles. The second-order valence-electron chi connectivity index (χ2n) is 5.19. The average molecular weight is 270 g/mol. The molecule has 1 atom stereocenters. The standard InChI is InChI=1S/C15H18N4O/c16-12(10-4-2-1-3-5-10)9-17-13-8-14(20)19-15(18-13)11-6-7-11/h1-5,8,11-12H,6-7,9,16H2,(H2,17,18,19,20). The third-order valence-electron chi connectivity index (χ3n) is 3.45. The highest BCUT2D eigenvalue weighted by Crippen LogP contribution is 2.37. The van der Waals surface area contributed by atoms with Crippen molar-refractivity contribution in [3.63, 3.8) is 0 Å². The summed E-state index contributed by atoms with van der Waals surface area (Å²) in [5.41, 5.74) is 7.06. The Hall–Kier alpha value is -2.14. The minimum atomic E-state index is -0.123. The van der Waals surface area contributed by atoms with Crippen LogP contribution in [0.2, 0.25) is 0 Å². The van der Waals surface area contributed by atoms with Crippen LogP contribution in [0.15, 0.2) is 41.2 Å². The summed E-state index contributed by atoms with van der Waals surface area (Å²) in [6.45, 7) is 0.546. The number of nitrogens with zero attached hydrogens (tertiary/aromatic N) is 1. The molecule has 5 heteroatoms. The Kier molecular flexibility index (Phi) is 3.52. The number of nitrogens with two attached hydrogens (primary N) is 1. The summed E-state index contributed by atoms with van der Waals surface area (Å²) in [7, 11) is 0. The molecule has 20 heavy (non-hydrogen) atoms. The molecule has 3 rings (SSSR count). The molecule has 1 aliphatic rings. The molecular weight excluding hydrogens is 252 g/mol. The molecular formula is C15H18N4O. The van der Waals surface area contributed by atoms with Crippen LogP contribution >= 0.6 is 0 Å². The number of aromatic nitrogens is 2. The summed E-state index contributed by atoms with van der Waals surface area (Å²) in [5, 5.41) is 3.15. The van der Waals surface area contributed by atoms with Crippen LogP contribution in [0, 0.1) is 0 Å². The molecule has 0 radical (unpaired) electrons. The van der Waals surface area contributed by atoms with Crippen LogP contribution in [0.1, 0.15) is 36.2 Å². The van der Waals surface area contributed by atoms with E-state index in [9.17, 15) is 4.79 Å². The predicted octanol–water partition coefficient (Wildman–Crippen LogP) is 1.76. The summed E-state index contributed by atoms with van der Waals surface area (Å²) in [6, 6.07) is 11.2. The topological polar surface area (TPSA) is 83.8 Å². The van der Waals surface area contributed by atoms with Gasteiger partial charge in [-0.3, -0.25) is 4.79 Å². The van der Waals surface area contributed by atoms with Gasteiger partial charge in [0, 0.05) is 24.6 Å². The van der Waals surface area contributed by atoms with E-state index in [1.54, 1.807) is 0 Å². The molecule has 0 spiro atoms. The lowest BCUT2D eigenvalue weighted by atomic mass is 10.1. The first-order valence-electron chi connectivity index (χ1n) is 6.88. The predicted molar refractivity (Wildman–Crippen MR) is 78.7 cm³/mol. The van der Waals surface area contributed by atoms with E-state index in [4.69, 9.17) is 5.73 Å². The fourth-order valence-electron chi connectivity index (χ4n) is 2.15. The Morgan fingerprint density at radius 1 is 1.35 bits per heavy atom. The highest BCUT2D eigenvalue weighted by atomic mass is 16.1. The van der Waals surface area contributed by atoms with Gasteiger partial charge in [-0.05, 0) is 18.4 Å². The molecule has 104 valence electrons. The Morgan fingerprint density at radius 2 is 2.10 bits per heavy atom. The molecule has 5 nitrogen and oxygen atoms in total. The Morgan fingerprint density at radius 3 is 2.80 bits per heavy atom. The average Bonchev–Trinajstić information content (AvgIpc) is 3.30. The van der Waals surface area contributed by atoms with Crippen LogP contribution in [0.4, 0.5) is 5.82 Å². The van der Waals surface area contributed by atoms with Crippen molar-refractivity contribution >= 4 is 5.82 Å². The van der Waals surface area contributed by atoms with E-state index in [0.29, 0.717) is 18.3 Å². The van der Waals surface area contributed by atoms with Gasteiger partial charge in [-0.25, -0.2) is 4.98 Å². The zero-order valence-corrected chi connectivity index (χ0v) is 11.2. The number of hydrogen-bond donors (Lipinski definition) is 3. The lowest BCUT2D eigenvalue weighted by Gasteiger charge is -2.13. The molecule has 0 aliphatic heterocycles. The van der Waals surface area contributed by atoms with Crippen molar-refractivity contribution in [2.45, 2.75) is 24.8 Å². The van der Waals surface area contributed by atoms with Crippen molar-refractivity contribution in [1.29, 1.82) is 0 Å². The number of anilines is 1. The van der Waals surface area contributed by atoms with Gasteiger partial charge in [-0.2, -0.15) is 0 Å². The maximum atomic E-state index is 11.6. The van der Waals surface area contributed by atoms with Gasteiger partial charge in [0.25, 0.3) is 5.56 Å². The largest absolute Gasteiger partial charge is 0.368 e. The second-order valence-corrected chi connectivity index (χ2v) is 5.19. The molecule has 0 bridgehead atoms. The van der Waals surface area contributed by atoms with Crippen LogP contribution in [0.3, 0.4) is 0 Å². The second kappa shape index (κ2) is 5.46. The maximum absolute atomic E-state index is 11.6. The number of hydrogen-bond acceptors (Lipinski definition) is 4. The van der Waals surface area contributed by atoms with Crippen LogP contribution in [0.5, 0.6) is 0 Å². The van der Waals surface area contributed by atoms with Crippen molar-refractivity contribution in [2.75, 3.05) is 11.9 Å². The smallest absolute Gasteiger partial charge is 0.252 e. The number of rotatable bonds is 5. The molecule has 1 fully saturated rings.